The van der Waals surface area contributed by atoms with E-state index in [-0.39, 0.29) is 17.5 Å². The molecule has 0 atom stereocenters. The first-order valence-electron chi connectivity index (χ1n) is 13.8. The maximum Gasteiger partial charge on any atom is 0.295 e. The third-order valence-corrected chi connectivity index (χ3v) is 10.3. The van der Waals surface area contributed by atoms with Crippen molar-refractivity contribution in [3.63, 3.8) is 0 Å². The fourth-order valence-corrected chi connectivity index (χ4v) is 7.92. The molecule has 1 aliphatic carbocycles. The zero-order valence-corrected chi connectivity index (χ0v) is 25.6. The molecule has 0 saturated carbocycles. The summed E-state index contributed by atoms with van der Waals surface area (Å²) in [5, 5.41) is 1.24. The normalized spacial score (nSPS) is 14.8. The Morgan fingerprint density at radius 2 is 1.20 bits per heavy atom. The fraction of sp³-hybridized carbons (Fsp3) is 0.118. The molecule has 45 heavy (non-hydrogen) atoms. The SMILES string of the molecule is COc1ccc(C2(c3ccc(OC)cc3)C=Cc3c4c(c5ccccc5c3O2)-c2c(S(=O)(=O)O)ccc(S(=O)(=O)O)c2C4)cc1. The molecule has 9 nitrogen and oxygen atoms in total. The van der Waals surface area contributed by atoms with E-state index >= 15 is 0 Å². The summed E-state index contributed by atoms with van der Waals surface area (Å²) in [5.74, 6) is 1.86. The Kier molecular flexibility index (Phi) is 6.57. The number of fused-ring (bicyclic) bond motifs is 8. The highest BCUT2D eigenvalue weighted by Crippen LogP contribution is 2.54. The number of hydrogen-bond donors (Lipinski definition) is 2. The second-order valence-corrected chi connectivity index (χ2v) is 13.6. The van der Waals surface area contributed by atoms with Gasteiger partial charge in [0.2, 0.25) is 0 Å². The molecule has 7 rings (SSSR count). The van der Waals surface area contributed by atoms with Crippen LogP contribution in [0.15, 0.2) is 101 Å². The molecular formula is C34H26O9S2. The molecule has 5 aromatic rings. The lowest BCUT2D eigenvalue weighted by atomic mass is 9.82. The van der Waals surface area contributed by atoms with Gasteiger partial charge in [-0.2, -0.15) is 16.8 Å². The molecule has 0 bridgehead atoms. The summed E-state index contributed by atoms with van der Waals surface area (Å²) in [6.07, 6.45) is 3.77. The molecule has 5 aromatic carbocycles. The van der Waals surface area contributed by atoms with Crippen molar-refractivity contribution in [2.45, 2.75) is 21.8 Å². The van der Waals surface area contributed by atoms with Crippen molar-refractivity contribution in [3.8, 4) is 28.4 Å². The molecule has 0 saturated heterocycles. The largest absolute Gasteiger partial charge is 0.497 e. The number of rotatable bonds is 6. The zero-order valence-electron chi connectivity index (χ0n) is 24.0. The molecule has 0 aromatic heterocycles. The Hall–Kier alpha value is -4.68. The first kappa shape index (κ1) is 29.1. The van der Waals surface area contributed by atoms with Crippen molar-refractivity contribution in [2.75, 3.05) is 14.2 Å². The van der Waals surface area contributed by atoms with Crippen LogP contribution in [-0.2, 0) is 32.3 Å². The highest BCUT2D eigenvalue weighted by molar-refractivity contribution is 7.86. The number of benzene rings is 5. The van der Waals surface area contributed by atoms with E-state index in [9.17, 15) is 25.9 Å². The first-order chi connectivity index (χ1) is 21.5. The Bertz CT molecular complexity index is 2220. The second kappa shape index (κ2) is 10.2. The van der Waals surface area contributed by atoms with Gasteiger partial charge >= 0.3 is 0 Å². The standard InChI is InChI=1S/C34H26O9S2/c1-41-22-11-7-20(8-12-22)34(21-9-13-23(42-2)14-10-21)18-17-26-27-19-28-29(44(35,36)37)15-16-30(45(38,39)40)32(28)31(27)24-5-3-4-6-25(24)33(26)43-34/h3-18H,19H2,1-2H3,(H,35,36,37)(H,38,39,40). The molecule has 0 spiro atoms. The minimum absolute atomic E-state index is 0.0257. The lowest BCUT2D eigenvalue weighted by Gasteiger charge is -2.37. The quantitative estimate of drug-likeness (QED) is 0.201. The second-order valence-electron chi connectivity index (χ2n) is 10.8. The van der Waals surface area contributed by atoms with Gasteiger partial charge < -0.3 is 14.2 Å². The summed E-state index contributed by atoms with van der Waals surface area (Å²) in [5.41, 5.74) is 2.32. The third-order valence-electron chi connectivity index (χ3n) is 8.49. The van der Waals surface area contributed by atoms with E-state index < -0.39 is 35.6 Å². The van der Waals surface area contributed by atoms with Crippen LogP contribution in [0, 0.1) is 0 Å². The molecular weight excluding hydrogens is 616 g/mol. The lowest BCUT2D eigenvalue weighted by Crippen LogP contribution is -2.34. The molecule has 2 aliphatic rings. The van der Waals surface area contributed by atoms with E-state index in [1.807, 2.05) is 72.8 Å². The Morgan fingerprint density at radius 1 is 0.667 bits per heavy atom. The Balaban J connectivity index is 1.53. The van der Waals surface area contributed by atoms with E-state index in [1.165, 1.54) is 0 Å². The van der Waals surface area contributed by atoms with Gasteiger partial charge in [-0.1, -0.05) is 54.6 Å². The molecule has 0 fully saturated rings. The van der Waals surface area contributed by atoms with E-state index in [4.69, 9.17) is 14.2 Å². The van der Waals surface area contributed by atoms with Crippen LogP contribution in [0.4, 0.5) is 0 Å². The summed E-state index contributed by atoms with van der Waals surface area (Å²) in [4.78, 5) is -0.870. The number of hydrogen-bond acceptors (Lipinski definition) is 7. The van der Waals surface area contributed by atoms with Crippen molar-refractivity contribution in [1.82, 2.24) is 0 Å². The Morgan fingerprint density at radius 3 is 1.73 bits per heavy atom. The monoisotopic (exact) mass is 642 g/mol. The zero-order chi connectivity index (χ0) is 31.7. The summed E-state index contributed by atoms with van der Waals surface area (Å²) in [6.45, 7) is 0. The van der Waals surface area contributed by atoms with Crippen LogP contribution < -0.4 is 14.2 Å². The van der Waals surface area contributed by atoms with Crippen LogP contribution in [0.5, 0.6) is 17.2 Å². The summed E-state index contributed by atoms with van der Waals surface area (Å²) >= 11 is 0. The van der Waals surface area contributed by atoms with Crippen LogP contribution >= 0.6 is 0 Å². The molecule has 2 N–H and O–H groups in total. The van der Waals surface area contributed by atoms with Gasteiger partial charge in [-0.05, 0) is 64.6 Å². The molecule has 228 valence electrons. The first-order valence-corrected chi connectivity index (χ1v) is 16.7. The Labute approximate surface area is 259 Å². The van der Waals surface area contributed by atoms with E-state index in [1.54, 1.807) is 26.4 Å². The molecule has 1 aliphatic heterocycles. The minimum Gasteiger partial charge on any atom is -0.497 e. The third kappa shape index (κ3) is 4.50. The topological polar surface area (TPSA) is 136 Å². The van der Waals surface area contributed by atoms with Crippen LogP contribution in [0.1, 0.15) is 27.8 Å². The van der Waals surface area contributed by atoms with Crippen LogP contribution in [0.3, 0.4) is 0 Å². The van der Waals surface area contributed by atoms with Crippen molar-refractivity contribution < 1.29 is 40.2 Å². The molecule has 0 radical (unpaired) electrons. The van der Waals surface area contributed by atoms with Crippen molar-refractivity contribution in [1.29, 1.82) is 0 Å². The average molecular weight is 643 g/mol. The predicted octanol–water partition coefficient (Wildman–Crippen LogP) is 6.27. The van der Waals surface area contributed by atoms with Gasteiger partial charge in [0.15, 0.2) is 5.60 Å². The van der Waals surface area contributed by atoms with Gasteiger partial charge in [-0.3, -0.25) is 9.11 Å². The summed E-state index contributed by atoms with van der Waals surface area (Å²) < 4.78 is 88.1. The average Bonchev–Trinajstić information content (AvgIpc) is 3.44. The summed E-state index contributed by atoms with van der Waals surface area (Å²) in [6, 6.07) is 24.3. The van der Waals surface area contributed by atoms with Crippen LogP contribution in [0.25, 0.3) is 28.0 Å². The molecule has 1 heterocycles. The predicted molar refractivity (Wildman–Crippen MR) is 168 cm³/mol. The molecule has 0 unspecified atom stereocenters. The highest BCUT2D eigenvalue weighted by Gasteiger charge is 2.41. The highest BCUT2D eigenvalue weighted by atomic mass is 32.2. The fourth-order valence-electron chi connectivity index (χ4n) is 6.47. The van der Waals surface area contributed by atoms with Gasteiger partial charge in [-0.15, -0.1) is 0 Å². The number of ether oxygens (including phenoxy) is 3. The van der Waals surface area contributed by atoms with Gasteiger partial charge in [0.05, 0.1) is 19.1 Å². The lowest BCUT2D eigenvalue weighted by molar-refractivity contribution is 0.163. The van der Waals surface area contributed by atoms with Gasteiger partial charge in [-0.25, -0.2) is 0 Å². The summed E-state index contributed by atoms with van der Waals surface area (Å²) in [7, 11) is -6.32. The number of methoxy groups -OCH3 is 2. The van der Waals surface area contributed by atoms with Gasteiger partial charge in [0.1, 0.15) is 22.1 Å². The van der Waals surface area contributed by atoms with Crippen molar-refractivity contribution in [3.05, 3.63) is 119 Å². The van der Waals surface area contributed by atoms with Crippen LogP contribution in [-0.4, -0.2) is 40.2 Å². The van der Waals surface area contributed by atoms with Crippen LogP contribution in [0.2, 0.25) is 0 Å². The molecule has 11 heteroatoms. The van der Waals surface area contributed by atoms with Crippen molar-refractivity contribution >= 4 is 37.1 Å². The van der Waals surface area contributed by atoms with E-state index in [0.29, 0.717) is 44.7 Å². The van der Waals surface area contributed by atoms with Gasteiger partial charge in [0.25, 0.3) is 20.2 Å². The maximum absolute atomic E-state index is 12.6. The van der Waals surface area contributed by atoms with E-state index in [2.05, 4.69) is 0 Å². The van der Waals surface area contributed by atoms with Gasteiger partial charge in [0, 0.05) is 34.1 Å². The molecule has 0 amide bonds. The van der Waals surface area contributed by atoms with Crippen molar-refractivity contribution in [2.24, 2.45) is 0 Å². The smallest absolute Gasteiger partial charge is 0.295 e. The van der Waals surface area contributed by atoms with E-state index in [0.717, 1.165) is 23.3 Å². The maximum atomic E-state index is 12.6. The minimum atomic E-state index is -4.77.